The Hall–Kier alpha value is 0.640. The third kappa shape index (κ3) is 1.50. The Bertz CT molecular complexity index is 372. The van der Waals surface area contributed by atoms with Crippen LogP contribution in [0.3, 0.4) is 0 Å². The zero-order chi connectivity index (χ0) is 11.4. The largest absolute Gasteiger partial charge is 0.377 e. The lowest BCUT2D eigenvalue weighted by molar-refractivity contribution is 0.0592. The molecule has 3 aliphatic rings. The molecule has 16 heavy (non-hydrogen) atoms. The summed E-state index contributed by atoms with van der Waals surface area (Å²) in [6.07, 6.45) is 4.87. The number of hydrogen-bond donors (Lipinski definition) is 0. The predicted octanol–water partition coefficient (Wildman–Crippen LogP) is 1.94. The van der Waals surface area contributed by atoms with Crippen LogP contribution in [0.15, 0.2) is 0 Å². The molecule has 0 amide bonds. The molecule has 0 N–H and O–H groups in total. The molecule has 2 bridgehead atoms. The van der Waals surface area contributed by atoms with Gasteiger partial charge in [-0.05, 0) is 32.1 Å². The SMILES string of the molecule is O=S1(=O)C2CCC1CC1(CCOC1CI)C2. The number of fused-ring (bicyclic) bond motifs is 2. The van der Waals surface area contributed by atoms with Crippen LogP contribution in [-0.4, -0.2) is 36.1 Å². The van der Waals surface area contributed by atoms with Crippen LogP contribution in [0, 0.1) is 5.41 Å². The van der Waals surface area contributed by atoms with E-state index in [4.69, 9.17) is 4.74 Å². The van der Waals surface area contributed by atoms with Crippen molar-refractivity contribution in [2.45, 2.75) is 48.7 Å². The molecule has 3 heterocycles. The summed E-state index contributed by atoms with van der Waals surface area (Å²) in [6.45, 7) is 0.827. The maximum atomic E-state index is 12.1. The van der Waals surface area contributed by atoms with Crippen LogP contribution in [0.4, 0.5) is 0 Å². The lowest BCUT2D eigenvalue weighted by Crippen LogP contribution is -2.45. The third-order valence-corrected chi connectivity index (χ3v) is 8.21. The van der Waals surface area contributed by atoms with Crippen LogP contribution in [0.2, 0.25) is 0 Å². The summed E-state index contributed by atoms with van der Waals surface area (Å²) in [6, 6.07) is 0. The molecule has 3 rings (SSSR count). The average molecular weight is 356 g/mol. The Morgan fingerprint density at radius 3 is 2.44 bits per heavy atom. The molecular formula is C11H17IO3S. The van der Waals surface area contributed by atoms with Crippen LogP contribution in [0.5, 0.6) is 0 Å². The van der Waals surface area contributed by atoms with Crippen molar-refractivity contribution in [1.82, 2.24) is 0 Å². The van der Waals surface area contributed by atoms with Crippen molar-refractivity contribution in [3.63, 3.8) is 0 Å². The molecule has 3 nitrogen and oxygen atoms in total. The van der Waals surface area contributed by atoms with Gasteiger partial charge >= 0.3 is 0 Å². The molecule has 5 heteroatoms. The zero-order valence-electron chi connectivity index (χ0n) is 9.19. The van der Waals surface area contributed by atoms with Gasteiger partial charge in [0, 0.05) is 16.4 Å². The highest BCUT2D eigenvalue weighted by atomic mass is 127. The Morgan fingerprint density at radius 1 is 1.25 bits per heavy atom. The standard InChI is InChI=1S/C11H17IO3S/c12-7-10-11(3-4-15-10)5-8-1-2-9(6-11)16(8,13)14/h8-10H,1-7H2. The lowest BCUT2D eigenvalue weighted by atomic mass is 9.74. The van der Waals surface area contributed by atoms with Crippen molar-refractivity contribution in [2.75, 3.05) is 11.0 Å². The van der Waals surface area contributed by atoms with Gasteiger partial charge < -0.3 is 4.74 Å². The molecular weight excluding hydrogens is 339 g/mol. The number of ether oxygens (including phenoxy) is 1. The van der Waals surface area contributed by atoms with E-state index < -0.39 is 9.84 Å². The van der Waals surface area contributed by atoms with Crippen molar-refractivity contribution in [3.05, 3.63) is 0 Å². The van der Waals surface area contributed by atoms with Gasteiger partial charge in [0.25, 0.3) is 0 Å². The molecule has 3 fully saturated rings. The molecule has 3 unspecified atom stereocenters. The van der Waals surface area contributed by atoms with Gasteiger partial charge in [-0.15, -0.1) is 0 Å². The van der Waals surface area contributed by atoms with Gasteiger partial charge in [-0.3, -0.25) is 0 Å². The van der Waals surface area contributed by atoms with Gasteiger partial charge in [-0.25, -0.2) is 8.42 Å². The molecule has 0 aromatic carbocycles. The fourth-order valence-corrected chi connectivity index (χ4v) is 7.61. The quantitative estimate of drug-likeness (QED) is 0.533. The molecule has 0 aromatic heterocycles. The predicted molar refractivity (Wildman–Crippen MR) is 70.6 cm³/mol. The van der Waals surface area contributed by atoms with Crippen molar-refractivity contribution < 1.29 is 13.2 Å². The topological polar surface area (TPSA) is 43.4 Å². The van der Waals surface area contributed by atoms with E-state index in [0.717, 1.165) is 43.1 Å². The molecule has 0 aliphatic carbocycles. The van der Waals surface area contributed by atoms with Gasteiger partial charge in [0.1, 0.15) is 0 Å². The maximum Gasteiger partial charge on any atom is 0.156 e. The average Bonchev–Trinajstić information content (AvgIpc) is 2.63. The van der Waals surface area contributed by atoms with E-state index in [1.807, 2.05) is 0 Å². The van der Waals surface area contributed by atoms with E-state index in [-0.39, 0.29) is 15.9 Å². The summed E-state index contributed by atoms with van der Waals surface area (Å²) < 4.78 is 30.9. The van der Waals surface area contributed by atoms with Crippen LogP contribution >= 0.6 is 22.6 Å². The lowest BCUT2D eigenvalue weighted by Gasteiger charge is -2.40. The van der Waals surface area contributed by atoms with Crippen LogP contribution in [0.1, 0.15) is 32.1 Å². The number of alkyl halides is 1. The Labute approximate surface area is 110 Å². The van der Waals surface area contributed by atoms with Crippen LogP contribution < -0.4 is 0 Å². The molecule has 3 aliphatic heterocycles. The van der Waals surface area contributed by atoms with E-state index in [0.29, 0.717) is 6.10 Å². The zero-order valence-corrected chi connectivity index (χ0v) is 12.2. The highest BCUT2D eigenvalue weighted by Gasteiger charge is 2.57. The second-order valence-corrected chi connectivity index (χ2v) is 8.84. The highest BCUT2D eigenvalue weighted by Crippen LogP contribution is 2.54. The van der Waals surface area contributed by atoms with Crippen LogP contribution in [0.25, 0.3) is 0 Å². The van der Waals surface area contributed by atoms with Gasteiger partial charge in [-0.1, -0.05) is 22.6 Å². The first kappa shape index (κ1) is 11.7. The summed E-state index contributed by atoms with van der Waals surface area (Å²) in [4.78, 5) is 0. The Morgan fingerprint density at radius 2 is 1.88 bits per heavy atom. The maximum absolute atomic E-state index is 12.1. The first-order chi connectivity index (χ1) is 7.58. The van der Waals surface area contributed by atoms with Crippen molar-refractivity contribution in [3.8, 4) is 0 Å². The molecule has 1 spiro atoms. The van der Waals surface area contributed by atoms with Crippen molar-refractivity contribution in [1.29, 1.82) is 0 Å². The first-order valence-corrected chi connectivity index (χ1v) is 9.12. The minimum absolute atomic E-state index is 0.0570. The Balaban J connectivity index is 1.92. The Kier molecular flexibility index (Phi) is 2.79. The summed E-state index contributed by atoms with van der Waals surface area (Å²) in [7, 11) is -2.78. The number of rotatable bonds is 1. The van der Waals surface area contributed by atoms with Gasteiger partial charge in [-0.2, -0.15) is 0 Å². The molecule has 0 saturated carbocycles. The fourth-order valence-electron chi connectivity index (χ4n) is 3.82. The fraction of sp³-hybridized carbons (Fsp3) is 1.00. The van der Waals surface area contributed by atoms with Gasteiger partial charge in [0.05, 0.1) is 16.6 Å². The van der Waals surface area contributed by atoms with E-state index >= 15 is 0 Å². The first-order valence-electron chi connectivity index (χ1n) is 5.99. The minimum atomic E-state index is -2.78. The number of halogens is 1. The molecule has 0 aromatic rings. The third-order valence-electron chi connectivity index (χ3n) is 4.75. The van der Waals surface area contributed by atoms with Crippen molar-refractivity contribution in [2.24, 2.45) is 5.41 Å². The second kappa shape index (κ2) is 3.82. The molecule has 0 radical (unpaired) electrons. The summed E-state index contributed by atoms with van der Waals surface area (Å²) in [5.74, 6) is 0. The van der Waals surface area contributed by atoms with Gasteiger partial charge in [0.2, 0.25) is 0 Å². The number of sulfone groups is 1. The summed E-state index contributed by atoms with van der Waals surface area (Å²) in [5.41, 5.74) is 0.193. The molecule has 3 saturated heterocycles. The minimum Gasteiger partial charge on any atom is -0.377 e. The molecule has 3 atom stereocenters. The highest BCUT2D eigenvalue weighted by molar-refractivity contribution is 14.1. The smallest absolute Gasteiger partial charge is 0.156 e. The van der Waals surface area contributed by atoms with Gasteiger partial charge in [0.15, 0.2) is 9.84 Å². The summed E-state index contributed by atoms with van der Waals surface area (Å²) in [5, 5.41) is -0.114. The summed E-state index contributed by atoms with van der Waals surface area (Å²) >= 11 is 2.37. The van der Waals surface area contributed by atoms with E-state index in [1.54, 1.807) is 0 Å². The number of hydrogen-bond acceptors (Lipinski definition) is 3. The van der Waals surface area contributed by atoms with E-state index in [1.165, 1.54) is 0 Å². The van der Waals surface area contributed by atoms with E-state index in [2.05, 4.69) is 22.6 Å². The molecule has 92 valence electrons. The van der Waals surface area contributed by atoms with Crippen LogP contribution in [-0.2, 0) is 14.6 Å². The monoisotopic (exact) mass is 356 g/mol. The normalized spacial score (nSPS) is 49.9. The second-order valence-electron chi connectivity index (χ2n) is 5.44. The van der Waals surface area contributed by atoms with E-state index in [9.17, 15) is 8.42 Å². The van der Waals surface area contributed by atoms with Crippen molar-refractivity contribution >= 4 is 32.4 Å².